The number of ether oxygens (including phenoxy) is 2. The van der Waals surface area contributed by atoms with Crippen LogP contribution in [0.5, 0.6) is 11.5 Å². The molecule has 172 valence electrons. The molecule has 3 aromatic heterocycles. The highest BCUT2D eigenvalue weighted by molar-refractivity contribution is 5.96. The lowest BCUT2D eigenvalue weighted by Crippen LogP contribution is -1.97. The van der Waals surface area contributed by atoms with E-state index in [1.54, 1.807) is 0 Å². The van der Waals surface area contributed by atoms with Gasteiger partial charge in [0.1, 0.15) is 24.7 Å². The van der Waals surface area contributed by atoms with Crippen molar-refractivity contribution in [3.05, 3.63) is 126 Å². The average Bonchev–Trinajstić information content (AvgIpc) is 3.50. The average molecular weight is 458 g/mol. The third-order valence-electron chi connectivity index (χ3n) is 6.62. The van der Waals surface area contributed by atoms with Gasteiger partial charge in [-0.1, -0.05) is 79.7 Å². The maximum absolute atomic E-state index is 6.23. The van der Waals surface area contributed by atoms with Crippen LogP contribution in [0.4, 0.5) is 0 Å². The molecule has 3 heteroatoms. The first-order chi connectivity index (χ1) is 17.3. The molecule has 0 aliphatic rings. The van der Waals surface area contributed by atoms with Crippen LogP contribution >= 0.6 is 0 Å². The van der Waals surface area contributed by atoms with Crippen LogP contribution in [-0.2, 0) is 19.6 Å². The molecular weight excluding hydrogens is 430 g/mol. The normalized spacial score (nSPS) is 11.3. The molecule has 0 radical (unpaired) electrons. The van der Waals surface area contributed by atoms with Gasteiger partial charge < -0.3 is 13.9 Å². The molecule has 0 atom stereocenters. The predicted octanol–water partition coefficient (Wildman–Crippen LogP) is 7.92. The van der Waals surface area contributed by atoms with E-state index in [1.807, 2.05) is 36.4 Å². The summed E-state index contributed by atoms with van der Waals surface area (Å²) >= 11 is 0. The molecule has 0 bridgehead atoms. The molecule has 0 saturated heterocycles. The zero-order valence-electron chi connectivity index (χ0n) is 19.8. The lowest BCUT2D eigenvalue weighted by atomic mass is 10.00. The minimum atomic E-state index is 0.557. The summed E-state index contributed by atoms with van der Waals surface area (Å²) in [5.41, 5.74) is 9.76. The summed E-state index contributed by atoms with van der Waals surface area (Å²) < 4.78 is 14.6. The van der Waals surface area contributed by atoms with E-state index in [1.165, 1.54) is 38.9 Å². The summed E-state index contributed by atoms with van der Waals surface area (Å²) in [5.74, 6) is 1.79. The van der Waals surface area contributed by atoms with Crippen molar-refractivity contribution in [1.82, 2.24) is 4.40 Å². The Hall–Kier alpha value is -4.24. The molecule has 35 heavy (non-hydrogen) atoms. The summed E-state index contributed by atoms with van der Waals surface area (Å²) in [6.45, 7) is 3.35. The third kappa shape index (κ3) is 4.00. The van der Waals surface area contributed by atoms with Gasteiger partial charge in [-0.15, -0.1) is 0 Å². The first-order valence-electron chi connectivity index (χ1n) is 12.1. The van der Waals surface area contributed by atoms with E-state index in [0.717, 1.165) is 23.4 Å². The number of aromatic nitrogens is 1. The van der Waals surface area contributed by atoms with Crippen molar-refractivity contribution in [3.63, 3.8) is 0 Å². The van der Waals surface area contributed by atoms with E-state index in [4.69, 9.17) is 9.47 Å². The molecule has 0 saturated carbocycles. The Morgan fingerprint density at radius 3 is 1.83 bits per heavy atom. The van der Waals surface area contributed by atoms with Gasteiger partial charge >= 0.3 is 0 Å². The number of benzene rings is 3. The van der Waals surface area contributed by atoms with Gasteiger partial charge in [0.25, 0.3) is 0 Å². The van der Waals surface area contributed by atoms with Gasteiger partial charge in [-0.25, -0.2) is 0 Å². The molecule has 3 heterocycles. The molecule has 0 spiro atoms. The van der Waals surface area contributed by atoms with Crippen LogP contribution in [0.25, 0.3) is 27.7 Å². The second-order valence-corrected chi connectivity index (χ2v) is 8.80. The standard InChI is InChI=1S/C32H27NO2/c1-2-27-28-19-20-31(35-22-24-11-7-4-8-12-24)29-17-18-30(33(28)29)32(27)25-13-15-26(16-14-25)34-21-23-9-5-3-6-10-23/h3-20H,2,21-22H2,1H3. The van der Waals surface area contributed by atoms with Crippen molar-refractivity contribution in [2.75, 3.05) is 0 Å². The lowest BCUT2D eigenvalue weighted by molar-refractivity contribution is 0.306. The molecule has 6 aromatic rings. The fourth-order valence-electron chi connectivity index (χ4n) is 4.91. The minimum Gasteiger partial charge on any atom is -0.489 e. The smallest absolute Gasteiger partial charge is 0.143 e. The first-order valence-corrected chi connectivity index (χ1v) is 12.1. The molecule has 6 rings (SSSR count). The van der Waals surface area contributed by atoms with Crippen molar-refractivity contribution in [2.45, 2.75) is 26.6 Å². The third-order valence-corrected chi connectivity index (χ3v) is 6.62. The largest absolute Gasteiger partial charge is 0.489 e. The summed E-state index contributed by atoms with van der Waals surface area (Å²) in [4.78, 5) is 0. The van der Waals surface area contributed by atoms with Crippen molar-refractivity contribution < 1.29 is 9.47 Å². The van der Waals surface area contributed by atoms with E-state index in [9.17, 15) is 0 Å². The lowest BCUT2D eigenvalue weighted by Gasteiger charge is -2.09. The first kappa shape index (κ1) is 21.3. The molecule has 0 aliphatic heterocycles. The van der Waals surface area contributed by atoms with Crippen LogP contribution in [0.2, 0.25) is 0 Å². The summed E-state index contributed by atoms with van der Waals surface area (Å²) in [7, 11) is 0. The fraction of sp³-hybridized carbons (Fsp3) is 0.125. The topological polar surface area (TPSA) is 22.9 Å². The number of pyridine rings is 1. The van der Waals surface area contributed by atoms with Crippen LogP contribution in [-0.4, -0.2) is 4.40 Å². The van der Waals surface area contributed by atoms with E-state index < -0.39 is 0 Å². The second-order valence-electron chi connectivity index (χ2n) is 8.80. The highest BCUT2D eigenvalue weighted by Crippen LogP contribution is 2.40. The van der Waals surface area contributed by atoms with Crippen molar-refractivity contribution >= 4 is 16.6 Å². The van der Waals surface area contributed by atoms with Crippen LogP contribution in [0.1, 0.15) is 23.6 Å². The van der Waals surface area contributed by atoms with Crippen LogP contribution in [0.15, 0.2) is 109 Å². The molecule has 0 fully saturated rings. The second kappa shape index (κ2) is 9.19. The number of rotatable bonds is 8. The van der Waals surface area contributed by atoms with E-state index in [2.05, 4.69) is 84.1 Å². The predicted molar refractivity (Wildman–Crippen MR) is 142 cm³/mol. The summed E-state index contributed by atoms with van der Waals surface area (Å²) in [6, 6.07) is 37.7. The van der Waals surface area contributed by atoms with Crippen molar-refractivity contribution in [3.8, 4) is 22.6 Å². The highest BCUT2D eigenvalue weighted by atomic mass is 16.5. The molecule has 3 nitrogen and oxygen atoms in total. The van der Waals surface area contributed by atoms with E-state index >= 15 is 0 Å². The van der Waals surface area contributed by atoms with Gasteiger partial charge in [0, 0.05) is 5.56 Å². The molecule has 0 unspecified atom stereocenters. The fourth-order valence-corrected chi connectivity index (χ4v) is 4.91. The van der Waals surface area contributed by atoms with Gasteiger partial charge in [-0.3, -0.25) is 0 Å². The van der Waals surface area contributed by atoms with Crippen molar-refractivity contribution in [2.24, 2.45) is 0 Å². The highest BCUT2D eigenvalue weighted by Gasteiger charge is 2.20. The van der Waals surface area contributed by atoms with Crippen LogP contribution in [0.3, 0.4) is 0 Å². The SMILES string of the molecule is CCc1c(-c2ccc(OCc3ccccc3)cc2)c2ccc3c(OCc4ccccc4)ccc1n32. The van der Waals surface area contributed by atoms with Gasteiger partial charge in [-0.2, -0.15) is 0 Å². The van der Waals surface area contributed by atoms with Crippen molar-refractivity contribution in [1.29, 1.82) is 0 Å². The quantitative estimate of drug-likeness (QED) is 0.232. The van der Waals surface area contributed by atoms with Crippen LogP contribution in [0, 0.1) is 0 Å². The maximum Gasteiger partial charge on any atom is 0.143 e. The molecule has 3 aromatic carbocycles. The zero-order valence-corrected chi connectivity index (χ0v) is 19.8. The molecule has 0 N–H and O–H groups in total. The number of hydrogen-bond acceptors (Lipinski definition) is 2. The van der Waals surface area contributed by atoms with Gasteiger partial charge in [-0.05, 0) is 65.1 Å². The maximum atomic E-state index is 6.23. The van der Waals surface area contributed by atoms with Gasteiger partial charge in [0.05, 0.1) is 16.6 Å². The Morgan fingerprint density at radius 1 is 0.571 bits per heavy atom. The zero-order chi connectivity index (χ0) is 23.6. The van der Waals surface area contributed by atoms with Gasteiger partial charge in [0.2, 0.25) is 0 Å². The Labute approximate surface area is 205 Å². The summed E-state index contributed by atoms with van der Waals surface area (Å²) in [5, 5.41) is 0. The Balaban J connectivity index is 1.31. The molecule has 0 aliphatic carbocycles. The Morgan fingerprint density at radius 2 is 1.17 bits per heavy atom. The Bertz CT molecular complexity index is 1550. The Kier molecular flexibility index (Phi) is 5.59. The minimum absolute atomic E-state index is 0.557. The molecule has 0 amide bonds. The van der Waals surface area contributed by atoms with Crippen LogP contribution < -0.4 is 9.47 Å². The van der Waals surface area contributed by atoms with E-state index in [-0.39, 0.29) is 0 Å². The number of hydrogen-bond donors (Lipinski definition) is 0. The monoisotopic (exact) mass is 457 g/mol. The number of aryl methyl sites for hydroxylation is 1. The molecular formula is C32H27NO2. The number of nitrogens with zero attached hydrogens (tertiary/aromatic N) is 1. The summed E-state index contributed by atoms with van der Waals surface area (Å²) in [6.07, 6.45) is 0.961. The van der Waals surface area contributed by atoms with Gasteiger partial charge in [0.15, 0.2) is 0 Å². The van der Waals surface area contributed by atoms with E-state index in [0.29, 0.717) is 13.2 Å².